The van der Waals surface area contributed by atoms with Gasteiger partial charge in [-0.15, -0.1) is 0 Å². The van der Waals surface area contributed by atoms with Crippen LogP contribution in [0.1, 0.15) is 18.4 Å². The second-order valence-electron chi connectivity index (χ2n) is 9.00. The van der Waals surface area contributed by atoms with E-state index in [0.717, 1.165) is 11.3 Å². The molecule has 12 nitrogen and oxygen atoms in total. The highest BCUT2D eigenvalue weighted by atomic mass is 16.5. The van der Waals surface area contributed by atoms with E-state index in [4.69, 9.17) is 10.00 Å². The van der Waals surface area contributed by atoms with E-state index in [-0.39, 0.29) is 0 Å². The third-order valence-corrected chi connectivity index (χ3v) is 6.69. The predicted molar refractivity (Wildman–Crippen MR) is 137 cm³/mol. The predicted octanol–water partition coefficient (Wildman–Crippen LogP) is 2.70. The second kappa shape index (κ2) is 9.38. The molecule has 0 bridgehead atoms. The molecule has 39 heavy (non-hydrogen) atoms. The Hall–Kier alpha value is -5.57. The highest BCUT2D eigenvalue weighted by Crippen LogP contribution is 2.36. The molecule has 0 aliphatic carbocycles. The number of urea groups is 1. The van der Waals surface area contributed by atoms with Gasteiger partial charge in [0.05, 0.1) is 23.1 Å². The number of ether oxygens (including phenoxy) is 1. The van der Waals surface area contributed by atoms with Crippen molar-refractivity contribution in [2.45, 2.75) is 18.4 Å². The van der Waals surface area contributed by atoms with Gasteiger partial charge < -0.3 is 9.64 Å². The number of hydrogen-bond donors (Lipinski definition) is 2. The van der Waals surface area contributed by atoms with Gasteiger partial charge in [0, 0.05) is 30.6 Å². The molecule has 5 heterocycles. The minimum Gasteiger partial charge on any atom is -0.439 e. The summed E-state index contributed by atoms with van der Waals surface area (Å²) in [7, 11) is 0. The number of barbiturate groups is 1. The molecule has 4 amide bonds. The van der Waals surface area contributed by atoms with Crippen molar-refractivity contribution in [2.24, 2.45) is 0 Å². The van der Waals surface area contributed by atoms with E-state index in [1.54, 1.807) is 52.2 Å². The van der Waals surface area contributed by atoms with Gasteiger partial charge in [-0.05, 0) is 61.4 Å². The molecule has 192 valence electrons. The van der Waals surface area contributed by atoms with Crippen LogP contribution in [0.2, 0.25) is 0 Å². The summed E-state index contributed by atoms with van der Waals surface area (Å²) >= 11 is 0. The van der Waals surface area contributed by atoms with Crippen molar-refractivity contribution in [3.8, 4) is 34.8 Å². The maximum Gasteiger partial charge on any atom is 0.328 e. The molecule has 2 fully saturated rings. The molecule has 2 saturated heterocycles. The van der Waals surface area contributed by atoms with Gasteiger partial charge in [0.2, 0.25) is 5.88 Å². The van der Waals surface area contributed by atoms with E-state index in [1.807, 2.05) is 24.3 Å². The fourth-order valence-electron chi connectivity index (χ4n) is 4.79. The first kappa shape index (κ1) is 23.8. The maximum atomic E-state index is 12.7. The Labute approximate surface area is 221 Å². The number of nitriles is 1. The van der Waals surface area contributed by atoms with Gasteiger partial charge in [0.25, 0.3) is 11.8 Å². The minimum absolute atomic E-state index is 0.296. The van der Waals surface area contributed by atoms with Crippen molar-refractivity contribution in [1.29, 1.82) is 5.26 Å². The zero-order valence-electron chi connectivity index (χ0n) is 20.4. The van der Waals surface area contributed by atoms with Crippen molar-refractivity contribution in [3.05, 3.63) is 78.8 Å². The summed E-state index contributed by atoms with van der Waals surface area (Å²) < 4.78 is 7.52. The zero-order chi connectivity index (χ0) is 27.0. The van der Waals surface area contributed by atoms with Gasteiger partial charge in [-0.25, -0.2) is 19.4 Å². The van der Waals surface area contributed by atoms with E-state index < -0.39 is 23.4 Å². The van der Waals surface area contributed by atoms with Crippen molar-refractivity contribution in [2.75, 3.05) is 11.4 Å². The van der Waals surface area contributed by atoms with E-state index >= 15 is 0 Å². The van der Waals surface area contributed by atoms with Gasteiger partial charge >= 0.3 is 6.03 Å². The molecule has 4 aromatic rings. The molecule has 0 atom stereocenters. The first-order valence-electron chi connectivity index (χ1n) is 12.1. The van der Waals surface area contributed by atoms with Crippen LogP contribution in [0.15, 0.2) is 73.2 Å². The number of rotatable bonds is 5. The Bertz CT molecular complexity index is 1600. The van der Waals surface area contributed by atoms with Crippen molar-refractivity contribution in [1.82, 2.24) is 30.4 Å². The Morgan fingerprint density at radius 1 is 0.923 bits per heavy atom. The van der Waals surface area contributed by atoms with Gasteiger partial charge in [-0.1, -0.05) is 0 Å². The smallest absolute Gasteiger partial charge is 0.328 e. The average Bonchev–Trinajstić information content (AvgIpc) is 3.62. The molecule has 2 N–H and O–H groups in total. The quantitative estimate of drug-likeness (QED) is 0.378. The number of aromatic nitrogens is 4. The van der Waals surface area contributed by atoms with Gasteiger partial charge in [0.1, 0.15) is 11.8 Å². The molecule has 12 heteroatoms. The van der Waals surface area contributed by atoms with E-state index in [1.165, 1.54) is 12.4 Å². The number of carbonyl (C=O) groups is 3. The first-order chi connectivity index (χ1) is 19.0. The van der Waals surface area contributed by atoms with Crippen LogP contribution >= 0.6 is 0 Å². The van der Waals surface area contributed by atoms with Gasteiger partial charge in [0.15, 0.2) is 11.4 Å². The summed E-state index contributed by atoms with van der Waals surface area (Å²) in [6.07, 6.45) is 5.74. The lowest BCUT2D eigenvalue weighted by atomic mass is 9.92. The van der Waals surface area contributed by atoms with Crippen LogP contribution in [0.4, 0.5) is 10.5 Å². The third kappa shape index (κ3) is 4.21. The Balaban J connectivity index is 1.14. The highest BCUT2D eigenvalue weighted by molar-refractivity contribution is 6.24. The van der Waals surface area contributed by atoms with E-state index in [9.17, 15) is 14.4 Å². The molecule has 3 aromatic heterocycles. The van der Waals surface area contributed by atoms with E-state index in [2.05, 4.69) is 25.7 Å². The lowest BCUT2D eigenvalue weighted by molar-refractivity contribution is -0.137. The molecule has 1 aromatic carbocycles. The summed E-state index contributed by atoms with van der Waals surface area (Å²) in [6.45, 7) is 0.468. The maximum absolute atomic E-state index is 12.7. The zero-order valence-corrected chi connectivity index (χ0v) is 20.4. The molecule has 1 spiro atoms. The number of hydrogen-bond acceptors (Lipinski definition) is 9. The number of nitrogens with zero attached hydrogens (tertiary/aromatic N) is 6. The van der Waals surface area contributed by atoms with Crippen LogP contribution in [-0.2, 0) is 9.59 Å². The summed E-state index contributed by atoms with van der Waals surface area (Å²) in [6, 6.07) is 17.2. The summed E-state index contributed by atoms with van der Waals surface area (Å²) in [5, 5.41) is 17.9. The fraction of sp³-hybridized carbons (Fsp3) is 0.148. The van der Waals surface area contributed by atoms with Crippen LogP contribution < -0.4 is 20.3 Å². The number of anilines is 1. The van der Waals surface area contributed by atoms with Crippen molar-refractivity contribution >= 4 is 23.5 Å². The molecular formula is C27H20N8O4. The summed E-state index contributed by atoms with van der Waals surface area (Å²) in [5.41, 5.74) is 1.19. The van der Waals surface area contributed by atoms with Crippen molar-refractivity contribution in [3.63, 3.8) is 0 Å². The van der Waals surface area contributed by atoms with Crippen LogP contribution in [0.5, 0.6) is 11.6 Å². The lowest BCUT2D eigenvalue weighted by Gasteiger charge is -2.38. The number of carbonyl (C=O) groups excluding carboxylic acids is 3. The van der Waals surface area contributed by atoms with E-state index in [0.29, 0.717) is 48.1 Å². The Kier molecular flexibility index (Phi) is 5.73. The molecule has 2 aliphatic rings. The standard InChI is InChI=1S/C27H20N8O4/c28-14-17-2-8-22(29-15-17)35-13-10-21(33-35)18-3-6-20(7-4-18)39-23-9-5-19(16-30-23)34-12-1-11-27(34)24(36)31-26(38)32-25(27)37/h2-10,13,15-16H,1,11-12H2,(H2,31,32,36,37,38). The van der Waals surface area contributed by atoms with Crippen LogP contribution in [-0.4, -0.2) is 49.7 Å². The largest absolute Gasteiger partial charge is 0.439 e. The average molecular weight is 521 g/mol. The minimum atomic E-state index is -1.48. The van der Waals surface area contributed by atoms with Crippen LogP contribution in [0, 0.1) is 11.3 Å². The van der Waals surface area contributed by atoms with Gasteiger partial charge in [-0.3, -0.25) is 20.2 Å². The number of benzene rings is 1. The Morgan fingerprint density at radius 2 is 1.72 bits per heavy atom. The van der Waals surface area contributed by atoms with Crippen molar-refractivity contribution < 1.29 is 19.1 Å². The summed E-state index contributed by atoms with van der Waals surface area (Å²) in [4.78, 5) is 47.1. The molecule has 6 rings (SSSR count). The SMILES string of the molecule is N#Cc1ccc(-n2ccc(-c3ccc(Oc4ccc(N5CCCC56C(=O)NC(=O)NC6=O)cn4)cc3)n2)nc1. The van der Waals surface area contributed by atoms with Gasteiger partial charge in [-0.2, -0.15) is 10.4 Å². The normalized spacial score (nSPS) is 16.1. The second-order valence-corrected chi connectivity index (χ2v) is 9.00. The fourth-order valence-corrected chi connectivity index (χ4v) is 4.79. The van der Waals surface area contributed by atoms with Crippen LogP contribution in [0.25, 0.3) is 17.1 Å². The number of pyridine rings is 2. The molecule has 2 aliphatic heterocycles. The molecule has 0 radical (unpaired) electrons. The molecule has 0 saturated carbocycles. The monoisotopic (exact) mass is 520 g/mol. The third-order valence-electron chi connectivity index (χ3n) is 6.69. The highest BCUT2D eigenvalue weighted by Gasteiger charge is 2.57. The molecular weight excluding hydrogens is 500 g/mol. The topological polar surface area (TPSA) is 155 Å². The number of nitrogens with one attached hydrogen (secondary N) is 2. The van der Waals surface area contributed by atoms with Crippen LogP contribution in [0.3, 0.4) is 0 Å². The first-order valence-corrected chi connectivity index (χ1v) is 12.1. The molecule has 0 unspecified atom stereocenters. The number of imide groups is 2. The number of amides is 4. The summed E-state index contributed by atoms with van der Waals surface area (Å²) in [5.74, 6) is 0.241. The Morgan fingerprint density at radius 3 is 2.38 bits per heavy atom. The lowest BCUT2D eigenvalue weighted by Crippen LogP contribution is -2.71.